The van der Waals surface area contributed by atoms with Crippen molar-refractivity contribution in [3.8, 4) is 5.75 Å². The van der Waals surface area contributed by atoms with Crippen molar-refractivity contribution >= 4 is 0 Å². The molecule has 1 saturated carbocycles. The normalized spacial score (nSPS) is 27.1. The summed E-state index contributed by atoms with van der Waals surface area (Å²) in [4.78, 5) is 0. The lowest BCUT2D eigenvalue weighted by Gasteiger charge is -2.45. The summed E-state index contributed by atoms with van der Waals surface area (Å²) in [5, 5.41) is 10.9. The second kappa shape index (κ2) is 5.77. The van der Waals surface area contributed by atoms with Gasteiger partial charge in [-0.05, 0) is 53.9 Å². The number of rotatable bonds is 3. The van der Waals surface area contributed by atoms with Crippen LogP contribution in [0.2, 0.25) is 0 Å². The molecule has 0 aromatic heterocycles. The number of aryl methyl sites for hydroxylation is 1. The molecule has 3 atom stereocenters. The average Bonchev–Trinajstić information content (AvgIpc) is 2.37. The first kappa shape index (κ1) is 15.4. The molecule has 2 nitrogen and oxygen atoms in total. The molecule has 1 aliphatic rings. The van der Waals surface area contributed by atoms with Crippen LogP contribution in [0.1, 0.15) is 57.3 Å². The lowest BCUT2D eigenvalue weighted by atomic mass is 9.61. The van der Waals surface area contributed by atoms with E-state index in [1.807, 2.05) is 19.1 Å². The second-order valence-corrected chi connectivity index (χ2v) is 7.06. The molecule has 1 aliphatic carbocycles. The standard InChI is InChI=1S/C18H28O2/c1-12-7-6-10-18(3,4)16(12)17(19)14-8-9-15(20-5)13(2)11-14/h8-9,11-12,16-17,19H,6-7,10H2,1-5H3/t12-,16-,17?/m0/s1. The third-order valence-electron chi connectivity index (χ3n) is 5.10. The van der Waals surface area contributed by atoms with Gasteiger partial charge in [0.25, 0.3) is 0 Å². The fourth-order valence-electron chi connectivity index (χ4n) is 4.03. The molecule has 0 amide bonds. The number of methoxy groups -OCH3 is 1. The third kappa shape index (κ3) is 2.85. The molecule has 20 heavy (non-hydrogen) atoms. The lowest BCUT2D eigenvalue weighted by Crippen LogP contribution is -2.37. The van der Waals surface area contributed by atoms with Gasteiger partial charge in [0.15, 0.2) is 0 Å². The van der Waals surface area contributed by atoms with E-state index in [-0.39, 0.29) is 11.5 Å². The van der Waals surface area contributed by atoms with Crippen LogP contribution in [-0.2, 0) is 0 Å². The molecule has 2 heteroatoms. The van der Waals surface area contributed by atoms with Crippen molar-refractivity contribution in [3.05, 3.63) is 29.3 Å². The predicted molar refractivity (Wildman–Crippen MR) is 83.0 cm³/mol. The zero-order chi connectivity index (χ0) is 14.9. The second-order valence-electron chi connectivity index (χ2n) is 7.06. The molecule has 1 unspecified atom stereocenters. The van der Waals surface area contributed by atoms with Gasteiger partial charge in [-0.25, -0.2) is 0 Å². The van der Waals surface area contributed by atoms with Gasteiger partial charge in [-0.1, -0.05) is 39.7 Å². The fourth-order valence-corrected chi connectivity index (χ4v) is 4.03. The summed E-state index contributed by atoms with van der Waals surface area (Å²) in [6, 6.07) is 6.04. The molecule has 1 fully saturated rings. The average molecular weight is 276 g/mol. The molecule has 1 aromatic rings. The van der Waals surface area contributed by atoms with E-state index < -0.39 is 0 Å². The van der Waals surface area contributed by atoms with Crippen molar-refractivity contribution < 1.29 is 9.84 Å². The lowest BCUT2D eigenvalue weighted by molar-refractivity contribution is -0.0293. The van der Waals surface area contributed by atoms with Gasteiger partial charge in [-0.15, -0.1) is 0 Å². The molecule has 0 radical (unpaired) electrons. The summed E-state index contributed by atoms with van der Waals surface area (Å²) in [7, 11) is 1.69. The highest BCUT2D eigenvalue weighted by Crippen LogP contribution is 2.49. The van der Waals surface area contributed by atoms with Gasteiger partial charge in [0.1, 0.15) is 5.75 Å². The van der Waals surface area contributed by atoms with Crippen molar-refractivity contribution in [2.45, 2.75) is 53.1 Å². The van der Waals surface area contributed by atoms with E-state index in [1.165, 1.54) is 19.3 Å². The van der Waals surface area contributed by atoms with E-state index in [0.717, 1.165) is 16.9 Å². The van der Waals surface area contributed by atoms with Crippen LogP contribution >= 0.6 is 0 Å². The molecule has 2 rings (SSSR count). The minimum atomic E-state index is -0.384. The Kier molecular flexibility index (Phi) is 4.43. The molecule has 0 heterocycles. The molecular formula is C18H28O2. The van der Waals surface area contributed by atoms with Gasteiger partial charge in [0, 0.05) is 0 Å². The highest BCUT2D eigenvalue weighted by atomic mass is 16.5. The minimum absolute atomic E-state index is 0.199. The van der Waals surface area contributed by atoms with Gasteiger partial charge >= 0.3 is 0 Å². The fraction of sp³-hybridized carbons (Fsp3) is 0.667. The number of aliphatic hydroxyl groups is 1. The third-order valence-corrected chi connectivity index (χ3v) is 5.10. The summed E-state index contributed by atoms with van der Waals surface area (Å²) < 4.78 is 5.31. The number of hydrogen-bond donors (Lipinski definition) is 1. The zero-order valence-electron chi connectivity index (χ0n) is 13.4. The van der Waals surface area contributed by atoms with Crippen LogP contribution in [0.3, 0.4) is 0 Å². The SMILES string of the molecule is COc1ccc(C(O)[C@@H]2[C@@H](C)CCCC2(C)C)cc1C. The van der Waals surface area contributed by atoms with Crippen molar-refractivity contribution in [2.75, 3.05) is 7.11 Å². The van der Waals surface area contributed by atoms with Crippen LogP contribution < -0.4 is 4.74 Å². The van der Waals surface area contributed by atoms with E-state index in [4.69, 9.17) is 4.74 Å². The van der Waals surface area contributed by atoms with E-state index in [2.05, 4.69) is 26.8 Å². The minimum Gasteiger partial charge on any atom is -0.496 e. The number of benzene rings is 1. The van der Waals surface area contributed by atoms with E-state index >= 15 is 0 Å². The maximum atomic E-state index is 10.9. The Balaban J connectivity index is 2.29. The Labute approximate surface area is 123 Å². The zero-order valence-corrected chi connectivity index (χ0v) is 13.4. The van der Waals surface area contributed by atoms with Crippen molar-refractivity contribution in [1.82, 2.24) is 0 Å². The monoisotopic (exact) mass is 276 g/mol. The molecule has 1 aromatic carbocycles. The van der Waals surface area contributed by atoms with E-state index in [9.17, 15) is 5.11 Å². The van der Waals surface area contributed by atoms with Crippen molar-refractivity contribution in [3.63, 3.8) is 0 Å². The van der Waals surface area contributed by atoms with Crippen LogP contribution in [0.5, 0.6) is 5.75 Å². The van der Waals surface area contributed by atoms with Gasteiger partial charge in [0.05, 0.1) is 13.2 Å². The van der Waals surface area contributed by atoms with E-state index in [1.54, 1.807) is 7.11 Å². The largest absolute Gasteiger partial charge is 0.496 e. The van der Waals surface area contributed by atoms with Crippen LogP contribution in [0, 0.1) is 24.2 Å². The topological polar surface area (TPSA) is 29.5 Å². The van der Waals surface area contributed by atoms with Gasteiger partial charge in [-0.2, -0.15) is 0 Å². The number of ether oxygens (including phenoxy) is 1. The molecule has 1 N–H and O–H groups in total. The first-order valence-electron chi connectivity index (χ1n) is 7.69. The molecule has 0 aliphatic heterocycles. The Morgan fingerprint density at radius 1 is 1.35 bits per heavy atom. The highest BCUT2D eigenvalue weighted by molar-refractivity contribution is 5.37. The summed E-state index contributed by atoms with van der Waals surface area (Å²) in [6.07, 6.45) is 3.32. The summed E-state index contributed by atoms with van der Waals surface area (Å²) in [5.41, 5.74) is 2.31. The number of hydrogen-bond acceptors (Lipinski definition) is 2. The Morgan fingerprint density at radius 3 is 2.60 bits per heavy atom. The van der Waals surface area contributed by atoms with Gasteiger partial charge in [0.2, 0.25) is 0 Å². The van der Waals surface area contributed by atoms with Crippen molar-refractivity contribution in [2.24, 2.45) is 17.3 Å². The molecule has 0 saturated heterocycles. The Hall–Kier alpha value is -1.02. The first-order chi connectivity index (χ1) is 9.36. The van der Waals surface area contributed by atoms with Crippen molar-refractivity contribution in [1.29, 1.82) is 0 Å². The smallest absolute Gasteiger partial charge is 0.121 e. The first-order valence-corrected chi connectivity index (χ1v) is 7.69. The van der Waals surface area contributed by atoms with Gasteiger partial charge < -0.3 is 9.84 Å². The van der Waals surface area contributed by atoms with Crippen LogP contribution in [0.15, 0.2) is 18.2 Å². The van der Waals surface area contributed by atoms with Crippen LogP contribution in [-0.4, -0.2) is 12.2 Å². The molecule has 0 spiro atoms. The Morgan fingerprint density at radius 2 is 2.05 bits per heavy atom. The molecule has 112 valence electrons. The maximum absolute atomic E-state index is 10.9. The summed E-state index contributed by atoms with van der Waals surface area (Å²) in [6.45, 7) is 8.91. The molecular weight excluding hydrogens is 248 g/mol. The summed E-state index contributed by atoms with van der Waals surface area (Å²) in [5.74, 6) is 1.78. The number of aliphatic hydroxyl groups excluding tert-OH is 1. The van der Waals surface area contributed by atoms with Gasteiger partial charge in [-0.3, -0.25) is 0 Å². The summed E-state index contributed by atoms with van der Waals surface area (Å²) >= 11 is 0. The Bertz CT molecular complexity index is 464. The molecule has 0 bridgehead atoms. The van der Waals surface area contributed by atoms with Crippen LogP contribution in [0.25, 0.3) is 0 Å². The highest BCUT2D eigenvalue weighted by Gasteiger charge is 2.41. The van der Waals surface area contributed by atoms with E-state index in [0.29, 0.717) is 11.8 Å². The predicted octanol–water partition coefficient (Wildman–Crippen LogP) is 4.50. The maximum Gasteiger partial charge on any atom is 0.121 e. The van der Waals surface area contributed by atoms with Crippen LogP contribution in [0.4, 0.5) is 0 Å². The quantitative estimate of drug-likeness (QED) is 0.880.